The average Bonchev–Trinajstić information content (AvgIpc) is 2.17. The van der Waals surface area contributed by atoms with E-state index >= 15 is 0 Å². The van der Waals surface area contributed by atoms with Gasteiger partial charge < -0.3 is 10.5 Å². The average molecular weight is 242 g/mol. The van der Waals surface area contributed by atoms with Crippen molar-refractivity contribution in [1.82, 2.24) is 0 Å². The van der Waals surface area contributed by atoms with E-state index in [0.29, 0.717) is 11.6 Å². The predicted molar refractivity (Wildman–Crippen MR) is 69.1 cm³/mol. The van der Waals surface area contributed by atoms with Gasteiger partial charge in [0.25, 0.3) is 0 Å². The summed E-state index contributed by atoms with van der Waals surface area (Å²) in [6, 6.07) is 5.65. The van der Waals surface area contributed by atoms with Crippen molar-refractivity contribution in [3.63, 3.8) is 0 Å². The molecule has 0 saturated carbocycles. The van der Waals surface area contributed by atoms with Gasteiger partial charge in [-0.2, -0.15) is 0 Å². The quantitative estimate of drug-likeness (QED) is 0.880. The van der Waals surface area contributed by atoms with Crippen molar-refractivity contribution in [1.29, 1.82) is 0 Å². The minimum absolute atomic E-state index is 0.00957. The van der Waals surface area contributed by atoms with Gasteiger partial charge in [-0.05, 0) is 24.6 Å². The summed E-state index contributed by atoms with van der Waals surface area (Å²) in [5, 5.41) is 0.685. The van der Waals surface area contributed by atoms with Gasteiger partial charge in [0.1, 0.15) is 11.9 Å². The number of aryl methyl sites for hydroxylation is 1. The van der Waals surface area contributed by atoms with Crippen LogP contribution >= 0.6 is 11.6 Å². The van der Waals surface area contributed by atoms with Crippen molar-refractivity contribution in [2.45, 2.75) is 33.8 Å². The smallest absolute Gasteiger partial charge is 0.124 e. The largest absolute Gasteiger partial charge is 0.488 e. The van der Waals surface area contributed by atoms with Crippen molar-refractivity contribution in [3.8, 4) is 5.75 Å². The van der Waals surface area contributed by atoms with Crippen LogP contribution in [0.4, 0.5) is 0 Å². The lowest BCUT2D eigenvalue weighted by Crippen LogP contribution is -2.38. The van der Waals surface area contributed by atoms with Crippen molar-refractivity contribution < 1.29 is 4.74 Å². The van der Waals surface area contributed by atoms with Gasteiger partial charge in [0.15, 0.2) is 0 Å². The third-order valence-electron chi connectivity index (χ3n) is 2.60. The van der Waals surface area contributed by atoms with Gasteiger partial charge in [0.2, 0.25) is 0 Å². The van der Waals surface area contributed by atoms with E-state index in [1.165, 1.54) is 0 Å². The molecule has 3 heteroatoms. The summed E-state index contributed by atoms with van der Waals surface area (Å²) in [4.78, 5) is 0. The van der Waals surface area contributed by atoms with Crippen LogP contribution in [0.3, 0.4) is 0 Å². The lowest BCUT2D eigenvalue weighted by atomic mass is 9.89. The minimum atomic E-state index is -0.00957. The fourth-order valence-corrected chi connectivity index (χ4v) is 1.59. The Morgan fingerprint density at radius 1 is 1.38 bits per heavy atom. The SMILES string of the molecule is Cc1ccc(Cl)cc1OC(CN)C(C)(C)C. The number of hydrogen-bond acceptors (Lipinski definition) is 2. The van der Waals surface area contributed by atoms with E-state index in [4.69, 9.17) is 22.1 Å². The second-order valence-corrected chi connectivity index (χ2v) is 5.55. The normalized spacial score (nSPS) is 13.6. The molecule has 2 nitrogen and oxygen atoms in total. The molecule has 1 aromatic carbocycles. The maximum Gasteiger partial charge on any atom is 0.124 e. The molecule has 1 aromatic rings. The fraction of sp³-hybridized carbons (Fsp3) is 0.538. The molecule has 0 bridgehead atoms. The summed E-state index contributed by atoms with van der Waals surface area (Å²) in [6.07, 6.45) is -0.00957. The molecular weight excluding hydrogens is 222 g/mol. The molecular formula is C13H20ClNO. The van der Waals surface area contributed by atoms with Crippen LogP contribution in [0, 0.1) is 12.3 Å². The number of halogens is 1. The Morgan fingerprint density at radius 3 is 2.50 bits per heavy atom. The van der Waals surface area contributed by atoms with Crippen LogP contribution in [0.1, 0.15) is 26.3 Å². The molecule has 0 aromatic heterocycles. The Balaban J connectivity index is 2.90. The van der Waals surface area contributed by atoms with Gasteiger partial charge in [-0.25, -0.2) is 0 Å². The van der Waals surface area contributed by atoms with Crippen molar-refractivity contribution in [2.75, 3.05) is 6.54 Å². The molecule has 0 heterocycles. The third kappa shape index (κ3) is 3.39. The fourth-order valence-electron chi connectivity index (χ4n) is 1.43. The Morgan fingerprint density at radius 2 is 2.00 bits per heavy atom. The van der Waals surface area contributed by atoms with Crippen LogP contribution in [0.25, 0.3) is 0 Å². The lowest BCUT2D eigenvalue weighted by Gasteiger charge is -2.30. The number of benzene rings is 1. The minimum Gasteiger partial charge on any atom is -0.488 e. The van der Waals surface area contributed by atoms with Gasteiger partial charge in [-0.3, -0.25) is 0 Å². The summed E-state index contributed by atoms with van der Waals surface area (Å²) in [6.45, 7) is 8.84. The summed E-state index contributed by atoms with van der Waals surface area (Å²) >= 11 is 5.95. The van der Waals surface area contributed by atoms with E-state index in [1.807, 2.05) is 25.1 Å². The van der Waals surface area contributed by atoms with Crippen molar-refractivity contribution in [2.24, 2.45) is 11.1 Å². The first-order valence-electron chi connectivity index (χ1n) is 5.47. The van der Waals surface area contributed by atoms with Crippen molar-refractivity contribution in [3.05, 3.63) is 28.8 Å². The first-order valence-corrected chi connectivity index (χ1v) is 5.85. The Kier molecular flexibility index (Phi) is 4.22. The summed E-state index contributed by atoms with van der Waals surface area (Å²) in [5.41, 5.74) is 6.83. The summed E-state index contributed by atoms with van der Waals surface area (Å²) < 4.78 is 5.93. The maximum absolute atomic E-state index is 5.95. The Hall–Kier alpha value is -0.730. The standard InChI is InChI=1S/C13H20ClNO/c1-9-5-6-10(14)7-11(9)16-12(8-15)13(2,3)4/h5-7,12H,8,15H2,1-4H3. The second kappa shape index (κ2) is 5.07. The molecule has 0 aliphatic rings. The molecule has 0 aliphatic carbocycles. The number of rotatable bonds is 3. The molecule has 0 fully saturated rings. The molecule has 1 unspecified atom stereocenters. The second-order valence-electron chi connectivity index (χ2n) is 5.12. The van der Waals surface area contributed by atoms with Gasteiger partial charge >= 0.3 is 0 Å². The highest BCUT2D eigenvalue weighted by Gasteiger charge is 2.25. The molecule has 1 atom stereocenters. The zero-order valence-corrected chi connectivity index (χ0v) is 11.1. The van der Waals surface area contributed by atoms with E-state index in [1.54, 1.807) is 0 Å². The number of hydrogen-bond donors (Lipinski definition) is 1. The first kappa shape index (κ1) is 13.3. The molecule has 0 spiro atoms. The van der Waals surface area contributed by atoms with E-state index in [9.17, 15) is 0 Å². The topological polar surface area (TPSA) is 35.2 Å². The van der Waals surface area contributed by atoms with E-state index in [-0.39, 0.29) is 11.5 Å². The highest BCUT2D eigenvalue weighted by atomic mass is 35.5. The molecule has 0 radical (unpaired) electrons. The summed E-state index contributed by atoms with van der Waals surface area (Å²) in [5.74, 6) is 0.817. The lowest BCUT2D eigenvalue weighted by molar-refractivity contribution is 0.0935. The molecule has 0 amide bonds. The Bertz CT molecular complexity index is 357. The molecule has 16 heavy (non-hydrogen) atoms. The molecule has 0 saturated heterocycles. The van der Waals surface area contributed by atoms with Crippen LogP contribution in [0.15, 0.2) is 18.2 Å². The van der Waals surface area contributed by atoms with Gasteiger partial charge in [0, 0.05) is 17.0 Å². The Labute approximate surface area is 103 Å². The van der Waals surface area contributed by atoms with Crippen molar-refractivity contribution >= 4 is 11.6 Å². The number of nitrogens with two attached hydrogens (primary N) is 1. The molecule has 2 N–H and O–H groups in total. The third-order valence-corrected chi connectivity index (χ3v) is 2.83. The van der Waals surface area contributed by atoms with Crippen LogP contribution in [0.5, 0.6) is 5.75 Å². The van der Waals surface area contributed by atoms with Gasteiger partial charge in [0.05, 0.1) is 0 Å². The zero-order chi connectivity index (χ0) is 12.3. The summed E-state index contributed by atoms with van der Waals surface area (Å²) in [7, 11) is 0. The van der Waals surface area contributed by atoms with Crippen LogP contribution in [-0.2, 0) is 0 Å². The van der Waals surface area contributed by atoms with Crippen LogP contribution in [0.2, 0.25) is 5.02 Å². The number of ether oxygens (including phenoxy) is 1. The molecule has 1 rings (SSSR count). The van der Waals surface area contributed by atoms with Crippen LogP contribution < -0.4 is 10.5 Å². The zero-order valence-electron chi connectivity index (χ0n) is 10.4. The van der Waals surface area contributed by atoms with Gasteiger partial charge in [-0.1, -0.05) is 38.4 Å². The highest BCUT2D eigenvalue weighted by molar-refractivity contribution is 6.30. The van der Waals surface area contributed by atoms with Crippen LogP contribution in [-0.4, -0.2) is 12.6 Å². The van der Waals surface area contributed by atoms with E-state index in [0.717, 1.165) is 11.3 Å². The predicted octanol–water partition coefficient (Wildman–Crippen LogP) is 3.40. The van der Waals surface area contributed by atoms with E-state index in [2.05, 4.69) is 20.8 Å². The van der Waals surface area contributed by atoms with Gasteiger partial charge in [-0.15, -0.1) is 0 Å². The maximum atomic E-state index is 5.95. The monoisotopic (exact) mass is 241 g/mol. The van der Waals surface area contributed by atoms with E-state index < -0.39 is 0 Å². The molecule has 90 valence electrons. The molecule has 0 aliphatic heterocycles. The highest BCUT2D eigenvalue weighted by Crippen LogP contribution is 2.28. The first-order chi connectivity index (χ1) is 7.34.